The molecule has 1 rings (SSSR count). The largest absolute Gasteiger partial charge is 0.384 e. The van der Waals surface area contributed by atoms with Crippen LogP contribution in [0.4, 0.5) is 11.4 Å². The summed E-state index contributed by atoms with van der Waals surface area (Å²) in [7, 11) is 1.68. The molecule has 0 bridgehead atoms. The molecule has 0 aliphatic carbocycles. The van der Waals surface area contributed by atoms with E-state index in [1.807, 2.05) is 12.4 Å². The van der Waals surface area contributed by atoms with E-state index in [1.165, 1.54) is 0 Å². The Morgan fingerprint density at radius 2 is 1.79 bits per heavy atom. The van der Waals surface area contributed by atoms with Crippen LogP contribution in [0.1, 0.15) is 19.8 Å². The maximum Gasteiger partial charge on any atom is 0.0700 e. The van der Waals surface area contributed by atoms with Crippen LogP contribution in [0.15, 0.2) is 18.5 Å². The fraction of sp³-hybridized carbons (Fsp3) is 0.643. The topological polar surface area (TPSA) is 55.4 Å². The zero-order chi connectivity index (χ0) is 13.8. The molecule has 0 aromatic carbocycles. The van der Waals surface area contributed by atoms with E-state index in [4.69, 9.17) is 9.47 Å². The number of ether oxygens (including phenoxy) is 2. The van der Waals surface area contributed by atoms with E-state index in [9.17, 15) is 0 Å². The smallest absolute Gasteiger partial charge is 0.0700 e. The Balaban J connectivity index is 2.14. The molecule has 19 heavy (non-hydrogen) atoms. The van der Waals surface area contributed by atoms with Crippen LogP contribution >= 0.6 is 0 Å². The lowest BCUT2D eigenvalue weighted by molar-refractivity contribution is 0.0705. The van der Waals surface area contributed by atoms with Gasteiger partial charge < -0.3 is 20.1 Å². The third-order valence-electron chi connectivity index (χ3n) is 2.54. The van der Waals surface area contributed by atoms with Gasteiger partial charge in [-0.15, -0.1) is 0 Å². The lowest BCUT2D eigenvalue weighted by Gasteiger charge is -2.09. The molecule has 0 unspecified atom stereocenters. The SMILES string of the molecule is CCCNc1cncc(NCCCOCCOC)c1. The van der Waals surface area contributed by atoms with Crippen LogP contribution in [0.25, 0.3) is 0 Å². The first-order valence-electron chi connectivity index (χ1n) is 6.86. The summed E-state index contributed by atoms with van der Waals surface area (Å²) in [5.74, 6) is 0. The van der Waals surface area contributed by atoms with E-state index < -0.39 is 0 Å². The fourth-order valence-electron chi connectivity index (χ4n) is 1.55. The number of nitrogens with one attached hydrogen (secondary N) is 2. The Labute approximate surface area is 115 Å². The Bertz CT molecular complexity index is 334. The monoisotopic (exact) mass is 267 g/mol. The van der Waals surface area contributed by atoms with Crippen molar-refractivity contribution in [1.29, 1.82) is 0 Å². The summed E-state index contributed by atoms with van der Waals surface area (Å²) in [4.78, 5) is 4.20. The highest BCUT2D eigenvalue weighted by molar-refractivity contribution is 5.53. The maximum absolute atomic E-state index is 5.40. The predicted octanol–water partition coefficient (Wildman–Crippen LogP) is 2.37. The predicted molar refractivity (Wildman–Crippen MR) is 78.8 cm³/mol. The fourth-order valence-corrected chi connectivity index (χ4v) is 1.55. The molecule has 1 aromatic rings. The van der Waals surface area contributed by atoms with Gasteiger partial charge in [0.2, 0.25) is 0 Å². The number of pyridine rings is 1. The first-order valence-corrected chi connectivity index (χ1v) is 6.86. The number of hydrogen-bond donors (Lipinski definition) is 2. The van der Waals surface area contributed by atoms with Crippen molar-refractivity contribution in [2.45, 2.75) is 19.8 Å². The third-order valence-corrected chi connectivity index (χ3v) is 2.54. The van der Waals surface area contributed by atoms with Gasteiger partial charge >= 0.3 is 0 Å². The summed E-state index contributed by atoms with van der Waals surface area (Å²) in [5, 5.41) is 6.66. The van der Waals surface area contributed by atoms with Crippen molar-refractivity contribution in [2.75, 3.05) is 50.7 Å². The molecule has 0 amide bonds. The third kappa shape index (κ3) is 7.64. The van der Waals surface area contributed by atoms with E-state index in [-0.39, 0.29) is 0 Å². The Morgan fingerprint density at radius 3 is 2.47 bits per heavy atom. The second-order valence-corrected chi connectivity index (χ2v) is 4.27. The first-order chi connectivity index (χ1) is 9.36. The van der Waals surface area contributed by atoms with Gasteiger partial charge in [-0.05, 0) is 18.9 Å². The van der Waals surface area contributed by atoms with Gasteiger partial charge in [0.15, 0.2) is 0 Å². The van der Waals surface area contributed by atoms with Crippen molar-refractivity contribution >= 4 is 11.4 Å². The molecule has 0 atom stereocenters. The Hall–Kier alpha value is -1.33. The molecule has 0 saturated carbocycles. The maximum atomic E-state index is 5.40. The summed E-state index contributed by atoms with van der Waals surface area (Å²) in [6, 6.07) is 2.08. The Morgan fingerprint density at radius 1 is 1.05 bits per heavy atom. The molecule has 5 nitrogen and oxygen atoms in total. The van der Waals surface area contributed by atoms with Gasteiger partial charge in [0.25, 0.3) is 0 Å². The van der Waals surface area contributed by atoms with Gasteiger partial charge in [-0.2, -0.15) is 0 Å². The quantitative estimate of drug-likeness (QED) is 0.603. The van der Waals surface area contributed by atoms with Crippen molar-refractivity contribution < 1.29 is 9.47 Å². The molecule has 0 aliphatic rings. The van der Waals surface area contributed by atoms with Gasteiger partial charge in [-0.3, -0.25) is 4.98 Å². The van der Waals surface area contributed by atoms with Gasteiger partial charge in [0, 0.05) is 26.8 Å². The summed E-state index contributed by atoms with van der Waals surface area (Å²) >= 11 is 0. The van der Waals surface area contributed by atoms with Crippen LogP contribution in [0, 0.1) is 0 Å². The summed E-state index contributed by atoms with van der Waals surface area (Å²) in [6.07, 6.45) is 5.75. The molecule has 0 spiro atoms. The minimum atomic E-state index is 0.655. The molecule has 1 aromatic heterocycles. The average Bonchev–Trinajstić information content (AvgIpc) is 2.44. The molecular weight excluding hydrogens is 242 g/mol. The summed E-state index contributed by atoms with van der Waals surface area (Å²) in [6.45, 7) is 6.06. The average molecular weight is 267 g/mol. The van der Waals surface area contributed by atoms with Gasteiger partial charge in [-0.25, -0.2) is 0 Å². The van der Waals surface area contributed by atoms with Crippen LogP contribution in [0.2, 0.25) is 0 Å². The minimum Gasteiger partial charge on any atom is -0.384 e. The number of nitrogens with zero attached hydrogens (tertiary/aromatic N) is 1. The number of rotatable bonds is 11. The van der Waals surface area contributed by atoms with Crippen molar-refractivity contribution in [1.82, 2.24) is 4.98 Å². The number of aromatic nitrogens is 1. The highest BCUT2D eigenvalue weighted by Gasteiger charge is 1.96. The van der Waals surface area contributed by atoms with Crippen LogP contribution in [-0.2, 0) is 9.47 Å². The van der Waals surface area contributed by atoms with Crippen molar-refractivity contribution in [2.24, 2.45) is 0 Å². The zero-order valence-electron chi connectivity index (χ0n) is 11.9. The van der Waals surface area contributed by atoms with Gasteiger partial charge in [0.05, 0.1) is 37.0 Å². The molecule has 0 aliphatic heterocycles. The number of hydrogen-bond acceptors (Lipinski definition) is 5. The second kappa shape index (κ2) is 10.6. The minimum absolute atomic E-state index is 0.655. The lowest BCUT2D eigenvalue weighted by Crippen LogP contribution is -2.09. The highest BCUT2D eigenvalue weighted by atomic mass is 16.5. The van der Waals surface area contributed by atoms with E-state index >= 15 is 0 Å². The summed E-state index contributed by atoms with van der Waals surface area (Å²) < 4.78 is 10.3. The molecule has 2 N–H and O–H groups in total. The first kappa shape index (κ1) is 15.7. The van der Waals surface area contributed by atoms with E-state index in [1.54, 1.807) is 7.11 Å². The normalized spacial score (nSPS) is 10.4. The van der Waals surface area contributed by atoms with E-state index in [2.05, 4.69) is 28.6 Å². The van der Waals surface area contributed by atoms with Gasteiger partial charge in [-0.1, -0.05) is 6.92 Å². The highest BCUT2D eigenvalue weighted by Crippen LogP contribution is 2.12. The summed E-state index contributed by atoms with van der Waals surface area (Å²) in [5.41, 5.74) is 2.10. The van der Waals surface area contributed by atoms with Crippen LogP contribution in [-0.4, -0.2) is 45.0 Å². The number of methoxy groups -OCH3 is 1. The van der Waals surface area contributed by atoms with Crippen molar-refractivity contribution in [3.05, 3.63) is 18.5 Å². The van der Waals surface area contributed by atoms with E-state index in [0.717, 1.165) is 43.9 Å². The van der Waals surface area contributed by atoms with Crippen LogP contribution in [0.3, 0.4) is 0 Å². The molecule has 0 radical (unpaired) electrons. The molecule has 0 fully saturated rings. The molecule has 108 valence electrons. The van der Waals surface area contributed by atoms with E-state index in [0.29, 0.717) is 13.2 Å². The molecular formula is C14H25N3O2. The standard InChI is InChI=1S/C14H25N3O2/c1-3-5-16-13-10-14(12-15-11-13)17-6-4-7-19-9-8-18-2/h10-12,16-17H,3-9H2,1-2H3. The van der Waals surface area contributed by atoms with Gasteiger partial charge in [0.1, 0.15) is 0 Å². The van der Waals surface area contributed by atoms with Crippen molar-refractivity contribution in [3.8, 4) is 0 Å². The lowest BCUT2D eigenvalue weighted by atomic mass is 10.3. The van der Waals surface area contributed by atoms with Crippen molar-refractivity contribution in [3.63, 3.8) is 0 Å². The molecule has 5 heteroatoms. The Kier molecular flexibility index (Phi) is 8.76. The van der Waals surface area contributed by atoms with Crippen LogP contribution < -0.4 is 10.6 Å². The molecule has 1 heterocycles. The van der Waals surface area contributed by atoms with Crippen LogP contribution in [0.5, 0.6) is 0 Å². The number of anilines is 2. The zero-order valence-corrected chi connectivity index (χ0v) is 11.9. The second-order valence-electron chi connectivity index (χ2n) is 4.27. The molecule has 0 saturated heterocycles.